The minimum Gasteiger partial charge on any atom is -0.506 e. The van der Waals surface area contributed by atoms with Gasteiger partial charge in [0.15, 0.2) is 0 Å². The fourth-order valence-corrected chi connectivity index (χ4v) is 3.61. The zero-order valence-electron chi connectivity index (χ0n) is 12.4. The number of nitrogens with zero attached hydrogens (tertiary/aromatic N) is 3. The first-order valence-corrected chi connectivity index (χ1v) is 9.23. The lowest BCUT2D eigenvalue weighted by molar-refractivity contribution is 0.277. The Kier molecular flexibility index (Phi) is 5.78. The molecule has 0 spiro atoms. The molecule has 0 aliphatic rings. The van der Waals surface area contributed by atoms with E-state index in [1.54, 1.807) is 30.3 Å². The Bertz CT molecular complexity index is 901. The standard InChI is InChI=1S/C16H9Br2Cl2N3O2/c17-11-3-9(4-12(18)15(11)24)14-6-21-16(23-22-14)25-7-8-1-2-10(19)5-13(8)20/h1-6,24H,7H2. The molecule has 3 rings (SSSR count). The topological polar surface area (TPSA) is 68.1 Å². The van der Waals surface area contributed by atoms with E-state index in [0.29, 0.717) is 24.7 Å². The van der Waals surface area contributed by atoms with E-state index in [1.807, 2.05) is 0 Å². The highest BCUT2D eigenvalue weighted by Gasteiger charge is 2.10. The highest BCUT2D eigenvalue weighted by Crippen LogP contribution is 2.36. The summed E-state index contributed by atoms with van der Waals surface area (Å²) in [6.07, 6.45) is 1.54. The molecule has 25 heavy (non-hydrogen) atoms. The van der Waals surface area contributed by atoms with Crippen molar-refractivity contribution in [2.24, 2.45) is 0 Å². The van der Waals surface area contributed by atoms with E-state index in [9.17, 15) is 5.11 Å². The summed E-state index contributed by atoms with van der Waals surface area (Å²) in [4.78, 5) is 4.14. The second kappa shape index (κ2) is 7.86. The molecular formula is C16H9Br2Cl2N3O2. The van der Waals surface area contributed by atoms with Gasteiger partial charge in [-0.2, -0.15) is 0 Å². The fourth-order valence-electron chi connectivity index (χ4n) is 1.96. The van der Waals surface area contributed by atoms with Crippen molar-refractivity contribution in [2.75, 3.05) is 0 Å². The Morgan fingerprint density at radius 1 is 1.04 bits per heavy atom. The normalized spacial score (nSPS) is 10.7. The summed E-state index contributed by atoms with van der Waals surface area (Å²) in [5.41, 5.74) is 2.05. The van der Waals surface area contributed by atoms with Crippen LogP contribution in [0.15, 0.2) is 45.5 Å². The van der Waals surface area contributed by atoms with Gasteiger partial charge >= 0.3 is 6.01 Å². The zero-order valence-corrected chi connectivity index (χ0v) is 17.1. The van der Waals surface area contributed by atoms with Gasteiger partial charge in [0.1, 0.15) is 18.1 Å². The van der Waals surface area contributed by atoms with Gasteiger partial charge < -0.3 is 9.84 Å². The van der Waals surface area contributed by atoms with Crippen LogP contribution < -0.4 is 4.74 Å². The number of halogens is 4. The molecule has 1 aromatic heterocycles. The number of benzene rings is 2. The molecule has 2 aromatic carbocycles. The van der Waals surface area contributed by atoms with Crippen LogP contribution in [0.2, 0.25) is 10.0 Å². The van der Waals surface area contributed by atoms with Crippen LogP contribution in [0.3, 0.4) is 0 Å². The molecule has 0 amide bonds. The summed E-state index contributed by atoms with van der Waals surface area (Å²) in [5.74, 6) is 0.115. The van der Waals surface area contributed by atoms with Crippen LogP contribution in [-0.4, -0.2) is 20.3 Å². The number of aromatic hydroxyl groups is 1. The van der Waals surface area contributed by atoms with Gasteiger partial charge in [-0.15, -0.1) is 5.10 Å². The average Bonchev–Trinajstić information content (AvgIpc) is 2.59. The van der Waals surface area contributed by atoms with Gasteiger partial charge in [0.2, 0.25) is 0 Å². The molecule has 1 N–H and O–H groups in total. The minimum absolute atomic E-state index is 0.115. The molecule has 1 heterocycles. The Morgan fingerprint density at radius 3 is 2.36 bits per heavy atom. The predicted molar refractivity (Wildman–Crippen MR) is 103 cm³/mol. The van der Waals surface area contributed by atoms with Crippen LogP contribution in [0.25, 0.3) is 11.3 Å². The third-order valence-electron chi connectivity index (χ3n) is 3.23. The van der Waals surface area contributed by atoms with Crippen LogP contribution in [0.1, 0.15) is 5.56 Å². The molecule has 9 heteroatoms. The SMILES string of the molecule is Oc1c(Br)cc(-c2cnc(OCc3ccc(Cl)cc3Cl)nn2)cc1Br. The van der Waals surface area contributed by atoms with Crippen molar-refractivity contribution < 1.29 is 9.84 Å². The summed E-state index contributed by atoms with van der Waals surface area (Å²) >= 11 is 18.5. The van der Waals surface area contributed by atoms with Crippen molar-refractivity contribution in [3.8, 4) is 23.0 Å². The minimum atomic E-state index is 0.115. The van der Waals surface area contributed by atoms with Crippen LogP contribution in [-0.2, 0) is 6.61 Å². The van der Waals surface area contributed by atoms with Gasteiger partial charge in [0.25, 0.3) is 0 Å². The fraction of sp³-hybridized carbons (Fsp3) is 0.0625. The molecule has 0 saturated carbocycles. The number of hydrogen-bond acceptors (Lipinski definition) is 5. The van der Waals surface area contributed by atoms with Crippen LogP contribution in [0.5, 0.6) is 11.8 Å². The molecular weight excluding hydrogens is 497 g/mol. The quantitative estimate of drug-likeness (QED) is 0.496. The first kappa shape index (κ1) is 18.4. The summed E-state index contributed by atoms with van der Waals surface area (Å²) in [5, 5.41) is 18.9. The summed E-state index contributed by atoms with van der Waals surface area (Å²) in [7, 11) is 0. The molecule has 0 atom stereocenters. The van der Waals surface area contributed by atoms with E-state index in [2.05, 4.69) is 47.0 Å². The summed E-state index contributed by atoms with van der Waals surface area (Å²) < 4.78 is 6.58. The largest absolute Gasteiger partial charge is 0.506 e. The van der Waals surface area contributed by atoms with Crippen LogP contribution >= 0.6 is 55.1 Å². The molecule has 0 fully saturated rings. The van der Waals surface area contributed by atoms with E-state index in [1.165, 1.54) is 6.20 Å². The number of phenols is 1. The monoisotopic (exact) mass is 503 g/mol. The third-order valence-corrected chi connectivity index (χ3v) is 5.02. The number of hydrogen-bond donors (Lipinski definition) is 1. The maximum Gasteiger partial charge on any atom is 0.336 e. The van der Waals surface area contributed by atoms with Gasteiger partial charge in [0, 0.05) is 21.2 Å². The Hall–Kier alpha value is -1.41. The van der Waals surface area contributed by atoms with Crippen LogP contribution in [0.4, 0.5) is 0 Å². The maximum absolute atomic E-state index is 9.76. The maximum atomic E-state index is 9.76. The molecule has 0 aliphatic heterocycles. The smallest absolute Gasteiger partial charge is 0.336 e. The van der Waals surface area contributed by atoms with Gasteiger partial charge in [-0.3, -0.25) is 0 Å². The van der Waals surface area contributed by atoms with Crippen molar-refractivity contribution in [1.82, 2.24) is 15.2 Å². The molecule has 128 valence electrons. The molecule has 3 aromatic rings. The van der Waals surface area contributed by atoms with Crippen molar-refractivity contribution in [1.29, 1.82) is 0 Å². The summed E-state index contributed by atoms with van der Waals surface area (Å²) in [6, 6.07) is 8.73. The zero-order chi connectivity index (χ0) is 18.0. The van der Waals surface area contributed by atoms with Crippen molar-refractivity contribution in [3.05, 3.63) is 61.1 Å². The van der Waals surface area contributed by atoms with Gasteiger partial charge in [0.05, 0.1) is 15.1 Å². The van der Waals surface area contributed by atoms with Gasteiger partial charge in [-0.1, -0.05) is 34.4 Å². The molecule has 0 bridgehead atoms. The second-order valence-electron chi connectivity index (χ2n) is 4.94. The molecule has 0 radical (unpaired) electrons. The van der Waals surface area contributed by atoms with E-state index < -0.39 is 0 Å². The Balaban J connectivity index is 1.74. The van der Waals surface area contributed by atoms with Gasteiger partial charge in [-0.25, -0.2) is 4.98 Å². The molecule has 0 unspecified atom stereocenters. The predicted octanol–water partition coefficient (Wildman–Crippen LogP) is 5.66. The first-order valence-electron chi connectivity index (χ1n) is 6.89. The first-order chi connectivity index (χ1) is 11.9. The summed E-state index contributed by atoms with van der Waals surface area (Å²) in [6.45, 7) is 0.202. The van der Waals surface area contributed by atoms with Crippen molar-refractivity contribution in [3.63, 3.8) is 0 Å². The number of ether oxygens (including phenoxy) is 1. The second-order valence-corrected chi connectivity index (χ2v) is 7.49. The van der Waals surface area contributed by atoms with E-state index in [-0.39, 0.29) is 18.4 Å². The third kappa shape index (κ3) is 4.41. The Labute approximate surface area is 170 Å². The lowest BCUT2D eigenvalue weighted by Gasteiger charge is -2.07. The van der Waals surface area contributed by atoms with Gasteiger partial charge in [-0.05, 0) is 56.1 Å². The van der Waals surface area contributed by atoms with E-state index in [4.69, 9.17) is 27.9 Å². The Morgan fingerprint density at radius 2 is 1.76 bits per heavy atom. The lowest BCUT2D eigenvalue weighted by atomic mass is 10.1. The average molecular weight is 506 g/mol. The van der Waals surface area contributed by atoms with E-state index >= 15 is 0 Å². The number of rotatable bonds is 4. The lowest BCUT2D eigenvalue weighted by Crippen LogP contribution is -2.02. The number of phenolic OH excluding ortho intramolecular Hbond substituents is 1. The molecule has 5 nitrogen and oxygen atoms in total. The molecule has 0 aliphatic carbocycles. The van der Waals surface area contributed by atoms with Crippen LogP contribution in [0, 0.1) is 0 Å². The highest BCUT2D eigenvalue weighted by atomic mass is 79.9. The van der Waals surface area contributed by atoms with Crippen molar-refractivity contribution >= 4 is 55.1 Å². The van der Waals surface area contributed by atoms with Crippen molar-refractivity contribution in [2.45, 2.75) is 6.61 Å². The van der Waals surface area contributed by atoms with E-state index in [0.717, 1.165) is 11.1 Å². The molecule has 0 saturated heterocycles. The number of aromatic nitrogens is 3. The highest BCUT2D eigenvalue weighted by molar-refractivity contribution is 9.11.